The SMILES string of the molecule is CNC(c1cccc(CC(C)C)c1)c1ccc(F)c(Cl)c1. The summed E-state index contributed by atoms with van der Waals surface area (Å²) in [7, 11) is 1.90. The Morgan fingerprint density at radius 3 is 2.43 bits per heavy atom. The third-order valence-corrected chi connectivity index (χ3v) is 3.78. The first-order valence-electron chi connectivity index (χ1n) is 7.22. The van der Waals surface area contributed by atoms with Gasteiger partial charge in [-0.15, -0.1) is 0 Å². The Balaban J connectivity index is 2.34. The van der Waals surface area contributed by atoms with Crippen LogP contribution >= 0.6 is 11.6 Å². The molecule has 0 radical (unpaired) electrons. The zero-order chi connectivity index (χ0) is 15.4. The van der Waals surface area contributed by atoms with Crippen LogP contribution in [0.15, 0.2) is 42.5 Å². The minimum atomic E-state index is -0.385. The molecule has 2 aromatic rings. The Bertz CT molecular complexity index is 610. The average Bonchev–Trinajstić information content (AvgIpc) is 2.43. The molecule has 2 rings (SSSR count). The van der Waals surface area contributed by atoms with Crippen LogP contribution in [0.25, 0.3) is 0 Å². The summed E-state index contributed by atoms with van der Waals surface area (Å²) in [5, 5.41) is 3.44. The third kappa shape index (κ3) is 4.05. The van der Waals surface area contributed by atoms with E-state index >= 15 is 0 Å². The van der Waals surface area contributed by atoms with Gasteiger partial charge in [0.2, 0.25) is 0 Å². The molecule has 1 atom stereocenters. The second-order valence-corrected chi connectivity index (χ2v) is 6.15. The molecular formula is C18H21ClFN. The first-order valence-corrected chi connectivity index (χ1v) is 7.60. The normalized spacial score (nSPS) is 12.7. The molecule has 0 aliphatic heterocycles. The van der Waals surface area contributed by atoms with E-state index in [4.69, 9.17) is 11.6 Å². The van der Waals surface area contributed by atoms with Crippen molar-refractivity contribution in [2.45, 2.75) is 26.3 Å². The summed E-state index contributed by atoms with van der Waals surface area (Å²) in [4.78, 5) is 0. The molecule has 0 amide bonds. The van der Waals surface area contributed by atoms with Gasteiger partial charge in [0.05, 0.1) is 11.1 Å². The highest BCUT2D eigenvalue weighted by atomic mass is 35.5. The molecule has 0 heterocycles. The minimum absolute atomic E-state index is 0.00946. The van der Waals surface area contributed by atoms with Crippen LogP contribution in [-0.2, 0) is 6.42 Å². The van der Waals surface area contributed by atoms with Gasteiger partial charge in [0.15, 0.2) is 0 Å². The topological polar surface area (TPSA) is 12.0 Å². The molecule has 112 valence electrons. The van der Waals surface area contributed by atoms with Crippen molar-refractivity contribution >= 4 is 11.6 Å². The molecular weight excluding hydrogens is 285 g/mol. The molecule has 0 aliphatic carbocycles. The standard InChI is InChI=1S/C18H21ClFN/c1-12(2)9-13-5-4-6-14(10-13)18(21-3)15-7-8-17(20)16(19)11-15/h4-8,10-12,18,21H,9H2,1-3H3. The number of nitrogens with one attached hydrogen (secondary N) is 1. The van der Waals surface area contributed by atoms with Crippen LogP contribution < -0.4 is 5.32 Å². The average molecular weight is 306 g/mol. The lowest BCUT2D eigenvalue weighted by atomic mass is 9.94. The van der Waals surface area contributed by atoms with E-state index in [1.165, 1.54) is 17.2 Å². The van der Waals surface area contributed by atoms with Crippen LogP contribution in [0.1, 0.15) is 36.6 Å². The van der Waals surface area contributed by atoms with E-state index in [-0.39, 0.29) is 16.9 Å². The molecule has 0 aliphatic rings. The predicted molar refractivity (Wildman–Crippen MR) is 87.3 cm³/mol. The largest absolute Gasteiger partial charge is 0.309 e. The Hall–Kier alpha value is -1.38. The van der Waals surface area contributed by atoms with Crippen molar-refractivity contribution in [3.63, 3.8) is 0 Å². The Morgan fingerprint density at radius 1 is 1.10 bits per heavy atom. The summed E-state index contributed by atoms with van der Waals surface area (Å²) in [6.45, 7) is 4.42. The fourth-order valence-electron chi connectivity index (χ4n) is 2.59. The Morgan fingerprint density at radius 2 is 1.81 bits per heavy atom. The summed E-state index contributed by atoms with van der Waals surface area (Å²) < 4.78 is 13.3. The maximum absolute atomic E-state index is 13.3. The van der Waals surface area contributed by atoms with Crippen LogP contribution in [0.5, 0.6) is 0 Å². The highest BCUT2D eigenvalue weighted by Gasteiger charge is 2.14. The lowest BCUT2D eigenvalue weighted by Gasteiger charge is -2.19. The fourth-order valence-corrected chi connectivity index (χ4v) is 2.78. The number of hydrogen-bond donors (Lipinski definition) is 1. The molecule has 1 nitrogen and oxygen atoms in total. The summed E-state index contributed by atoms with van der Waals surface area (Å²) in [6, 6.07) is 13.4. The van der Waals surface area contributed by atoms with Gasteiger partial charge in [0.1, 0.15) is 5.82 Å². The van der Waals surface area contributed by atoms with E-state index in [9.17, 15) is 4.39 Å². The van der Waals surface area contributed by atoms with Crippen molar-refractivity contribution in [1.82, 2.24) is 5.32 Å². The van der Waals surface area contributed by atoms with E-state index in [2.05, 4.69) is 43.4 Å². The zero-order valence-corrected chi connectivity index (χ0v) is 13.4. The van der Waals surface area contributed by atoms with Gasteiger partial charge in [-0.05, 0) is 48.2 Å². The Kier molecular flexibility index (Phi) is 5.38. The summed E-state index contributed by atoms with van der Waals surface area (Å²) >= 11 is 5.90. The van der Waals surface area contributed by atoms with Crippen molar-refractivity contribution in [1.29, 1.82) is 0 Å². The molecule has 0 fully saturated rings. The van der Waals surface area contributed by atoms with Crippen molar-refractivity contribution in [2.24, 2.45) is 5.92 Å². The molecule has 0 saturated carbocycles. The van der Waals surface area contributed by atoms with Gasteiger partial charge < -0.3 is 5.32 Å². The molecule has 2 aromatic carbocycles. The second-order valence-electron chi connectivity index (χ2n) is 5.74. The van der Waals surface area contributed by atoms with E-state index in [1.807, 2.05) is 7.05 Å². The van der Waals surface area contributed by atoms with Crippen molar-refractivity contribution in [3.05, 3.63) is 70.0 Å². The van der Waals surface area contributed by atoms with Gasteiger partial charge in [-0.2, -0.15) is 0 Å². The molecule has 3 heteroatoms. The lowest BCUT2D eigenvalue weighted by molar-refractivity contribution is 0.623. The fraction of sp³-hybridized carbons (Fsp3) is 0.333. The van der Waals surface area contributed by atoms with Gasteiger partial charge in [0.25, 0.3) is 0 Å². The first-order chi connectivity index (χ1) is 10.0. The smallest absolute Gasteiger partial charge is 0.141 e. The Labute approximate surface area is 131 Å². The quantitative estimate of drug-likeness (QED) is 0.821. The van der Waals surface area contributed by atoms with Crippen molar-refractivity contribution in [2.75, 3.05) is 7.05 Å². The van der Waals surface area contributed by atoms with E-state index in [0.717, 1.165) is 12.0 Å². The number of hydrogen-bond acceptors (Lipinski definition) is 1. The zero-order valence-electron chi connectivity index (χ0n) is 12.7. The highest BCUT2D eigenvalue weighted by molar-refractivity contribution is 6.30. The van der Waals surface area contributed by atoms with Crippen LogP contribution in [0.4, 0.5) is 4.39 Å². The number of rotatable bonds is 5. The van der Waals surface area contributed by atoms with E-state index in [0.29, 0.717) is 5.92 Å². The third-order valence-electron chi connectivity index (χ3n) is 3.49. The maximum Gasteiger partial charge on any atom is 0.141 e. The molecule has 1 unspecified atom stereocenters. The van der Waals surface area contributed by atoms with E-state index < -0.39 is 0 Å². The molecule has 0 bridgehead atoms. The monoisotopic (exact) mass is 305 g/mol. The van der Waals surface area contributed by atoms with Crippen LogP contribution in [-0.4, -0.2) is 7.05 Å². The molecule has 0 aromatic heterocycles. The predicted octanol–water partition coefficient (Wildman–Crippen LogP) is 4.99. The van der Waals surface area contributed by atoms with Gasteiger partial charge in [-0.1, -0.05) is 55.8 Å². The van der Waals surface area contributed by atoms with Crippen LogP contribution in [0, 0.1) is 11.7 Å². The van der Waals surface area contributed by atoms with Gasteiger partial charge in [-0.3, -0.25) is 0 Å². The summed E-state index contributed by atoms with van der Waals surface area (Å²) in [5.74, 6) is 0.234. The van der Waals surface area contributed by atoms with Gasteiger partial charge in [0, 0.05) is 0 Å². The maximum atomic E-state index is 13.3. The molecule has 1 N–H and O–H groups in total. The number of benzene rings is 2. The van der Waals surface area contributed by atoms with Crippen LogP contribution in [0.2, 0.25) is 5.02 Å². The lowest BCUT2D eigenvalue weighted by Crippen LogP contribution is -2.18. The summed E-state index contributed by atoms with van der Waals surface area (Å²) in [5.41, 5.74) is 3.44. The van der Waals surface area contributed by atoms with Gasteiger partial charge in [-0.25, -0.2) is 4.39 Å². The van der Waals surface area contributed by atoms with E-state index in [1.54, 1.807) is 12.1 Å². The second kappa shape index (κ2) is 7.06. The van der Waals surface area contributed by atoms with Gasteiger partial charge >= 0.3 is 0 Å². The minimum Gasteiger partial charge on any atom is -0.309 e. The van der Waals surface area contributed by atoms with Crippen molar-refractivity contribution in [3.8, 4) is 0 Å². The molecule has 21 heavy (non-hydrogen) atoms. The first kappa shape index (κ1) is 16.0. The van der Waals surface area contributed by atoms with Crippen LogP contribution in [0.3, 0.4) is 0 Å². The number of halogens is 2. The highest BCUT2D eigenvalue weighted by Crippen LogP contribution is 2.26. The molecule has 0 spiro atoms. The van der Waals surface area contributed by atoms with Crippen molar-refractivity contribution < 1.29 is 4.39 Å². The molecule has 0 saturated heterocycles. The summed E-state index contributed by atoms with van der Waals surface area (Å²) in [6.07, 6.45) is 1.05.